The zero-order chi connectivity index (χ0) is 36.0. The number of carboxylic acid groups (broad SMARTS) is 1. The number of amides is 4. The number of fused-ring (bicyclic) bond motifs is 3. The van der Waals surface area contributed by atoms with Crippen molar-refractivity contribution in [2.45, 2.75) is 87.8 Å². The molecule has 16 heteroatoms. The summed E-state index contributed by atoms with van der Waals surface area (Å²) in [6.07, 6.45) is 6.20. The van der Waals surface area contributed by atoms with Crippen LogP contribution in [0.1, 0.15) is 58.8 Å². The standard InChI is InChI=1S/C34H44N6O9S/c1-19-7-5-6-8-21-16-34(21,32(43)39(3)50(46,47)24-10-11-24)38-30(41)27-15-23(18-40(27)31(42)29(20(2)13-19)37-33(44)45)49-28-17-35-25-12-9-22(48-4)14-26(25)36-28/h6,8-9,12,14,17,19-21,23-24,27,29,37H,5,7,10-11,13,15-16,18H2,1-4H3,(H,38,41)(H,44,45)/b8-6-/t19-,20-,21-,23-,27+,29+,34-/m1/s1. The van der Waals surface area contributed by atoms with Gasteiger partial charge in [0.2, 0.25) is 27.7 Å². The third-order valence-electron chi connectivity index (χ3n) is 10.3. The highest BCUT2D eigenvalue weighted by Gasteiger charge is 2.63. The van der Waals surface area contributed by atoms with Crippen LogP contribution in [0.4, 0.5) is 4.79 Å². The molecule has 2 saturated carbocycles. The topological polar surface area (TPSA) is 197 Å². The Bertz CT molecular complexity index is 1820. The number of hydrogen-bond acceptors (Lipinski definition) is 10. The van der Waals surface area contributed by atoms with E-state index < -0.39 is 74.7 Å². The zero-order valence-electron chi connectivity index (χ0n) is 28.6. The van der Waals surface area contributed by atoms with E-state index in [2.05, 4.69) is 20.6 Å². The highest BCUT2D eigenvalue weighted by molar-refractivity contribution is 7.90. The third kappa shape index (κ3) is 7.07. The Morgan fingerprint density at radius 1 is 1.14 bits per heavy atom. The Morgan fingerprint density at radius 2 is 1.90 bits per heavy atom. The first-order valence-electron chi connectivity index (χ1n) is 17.0. The van der Waals surface area contributed by atoms with Crippen molar-refractivity contribution in [3.63, 3.8) is 0 Å². The molecule has 15 nitrogen and oxygen atoms in total. The molecule has 0 spiro atoms. The second-order valence-electron chi connectivity index (χ2n) is 14.1. The molecule has 1 saturated heterocycles. The normalized spacial score (nSPS) is 30.9. The van der Waals surface area contributed by atoms with Crippen LogP contribution in [0.5, 0.6) is 11.6 Å². The Balaban J connectivity index is 1.33. The first-order chi connectivity index (χ1) is 23.7. The molecular formula is C34H44N6O9S. The molecule has 4 amide bonds. The van der Waals surface area contributed by atoms with Crippen molar-refractivity contribution in [3.8, 4) is 11.6 Å². The van der Waals surface area contributed by atoms with Crippen LogP contribution in [0.25, 0.3) is 11.0 Å². The molecule has 2 aromatic rings. The molecule has 2 aliphatic heterocycles. The van der Waals surface area contributed by atoms with Gasteiger partial charge in [-0.05, 0) is 62.5 Å². The lowest BCUT2D eigenvalue weighted by molar-refractivity contribution is -0.142. The number of nitrogens with zero attached hydrogens (tertiary/aromatic N) is 4. The van der Waals surface area contributed by atoms with E-state index in [0.717, 1.165) is 10.7 Å². The van der Waals surface area contributed by atoms with E-state index in [1.165, 1.54) is 25.3 Å². The molecule has 1 aromatic heterocycles. The smallest absolute Gasteiger partial charge is 0.405 e. The van der Waals surface area contributed by atoms with Crippen molar-refractivity contribution >= 4 is 44.9 Å². The Labute approximate surface area is 290 Å². The highest BCUT2D eigenvalue weighted by Crippen LogP contribution is 2.47. The number of sulfonamides is 1. The number of likely N-dealkylation sites (N-methyl/N-ethyl adjacent to an activating group) is 1. The lowest BCUT2D eigenvalue weighted by Gasteiger charge is -2.32. The minimum absolute atomic E-state index is 0.000957. The van der Waals surface area contributed by atoms with E-state index in [1.807, 2.05) is 19.1 Å². The lowest BCUT2D eigenvalue weighted by atomic mass is 9.88. The summed E-state index contributed by atoms with van der Waals surface area (Å²) in [5.74, 6) is -1.98. The monoisotopic (exact) mass is 712 g/mol. The molecule has 3 fully saturated rings. The summed E-state index contributed by atoms with van der Waals surface area (Å²) in [6, 6.07) is 2.89. The summed E-state index contributed by atoms with van der Waals surface area (Å²) >= 11 is 0. The van der Waals surface area contributed by atoms with E-state index in [4.69, 9.17) is 9.47 Å². The summed E-state index contributed by atoms with van der Waals surface area (Å²) in [4.78, 5) is 64.7. The van der Waals surface area contributed by atoms with Gasteiger partial charge in [0.25, 0.3) is 5.91 Å². The van der Waals surface area contributed by atoms with E-state index in [1.54, 1.807) is 25.1 Å². The molecule has 6 rings (SSSR count). The van der Waals surface area contributed by atoms with E-state index in [0.29, 0.717) is 42.5 Å². The molecule has 0 radical (unpaired) electrons. The molecular weight excluding hydrogens is 668 g/mol. The fourth-order valence-electron chi connectivity index (χ4n) is 7.25. The fourth-order valence-corrected chi connectivity index (χ4v) is 8.82. The van der Waals surface area contributed by atoms with E-state index >= 15 is 0 Å². The van der Waals surface area contributed by atoms with Gasteiger partial charge in [0, 0.05) is 25.5 Å². The van der Waals surface area contributed by atoms with Crippen LogP contribution in [0.15, 0.2) is 36.5 Å². The van der Waals surface area contributed by atoms with Crippen molar-refractivity contribution in [1.82, 2.24) is 29.8 Å². The molecule has 4 aliphatic rings. The van der Waals surface area contributed by atoms with Gasteiger partial charge in [0.05, 0.1) is 36.1 Å². The summed E-state index contributed by atoms with van der Waals surface area (Å²) in [5, 5.41) is 14.3. The van der Waals surface area contributed by atoms with Crippen LogP contribution >= 0.6 is 0 Å². The van der Waals surface area contributed by atoms with Crippen molar-refractivity contribution < 1.29 is 42.2 Å². The second kappa shape index (κ2) is 13.7. The largest absolute Gasteiger partial charge is 0.497 e. The fraction of sp³-hybridized carbons (Fsp3) is 0.588. The number of aromatic nitrogens is 2. The summed E-state index contributed by atoms with van der Waals surface area (Å²) < 4.78 is 38.5. The van der Waals surface area contributed by atoms with Gasteiger partial charge >= 0.3 is 6.09 Å². The Kier molecular flexibility index (Phi) is 9.68. The predicted molar refractivity (Wildman–Crippen MR) is 181 cm³/mol. The van der Waals surface area contributed by atoms with Crippen molar-refractivity contribution in [2.24, 2.45) is 17.8 Å². The molecule has 50 heavy (non-hydrogen) atoms. The van der Waals surface area contributed by atoms with Crippen LogP contribution in [0, 0.1) is 17.8 Å². The molecule has 2 aliphatic carbocycles. The van der Waals surface area contributed by atoms with Gasteiger partial charge in [-0.1, -0.05) is 26.0 Å². The zero-order valence-corrected chi connectivity index (χ0v) is 29.4. The van der Waals surface area contributed by atoms with Gasteiger partial charge in [-0.3, -0.25) is 14.4 Å². The van der Waals surface area contributed by atoms with Crippen molar-refractivity contribution in [3.05, 3.63) is 36.5 Å². The van der Waals surface area contributed by atoms with Crippen LogP contribution < -0.4 is 20.1 Å². The summed E-state index contributed by atoms with van der Waals surface area (Å²) in [6.45, 7) is 3.76. The van der Waals surface area contributed by atoms with Gasteiger partial charge in [-0.15, -0.1) is 0 Å². The molecule has 3 N–H and O–H groups in total. The lowest BCUT2D eigenvalue weighted by Crippen LogP contribution is -2.59. The average Bonchev–Trinajstić information content (AvgIpc) is 4.01. The number of benzene rings is 1. The van der Waals surface area contributed by atoms with Gasteiger partial charge in [-0.2, -0.15) is 0 Å². The molecule has 0 unspecified atom stereocenters. The molecule has 1 aromatic carbocycles. The number of carbonyl (C=O) groups is 4. The molecule has 0 bridgehead atoms. The number of methoxy groups -OCH3 is 1. The number of carbonyl (C=O) groups excluding carboxylic acids is 3. The SMILES string of the molecule is COc1ccc2ncc(O[C@@H]3C[C@H]4C(=O)N[C@]5(C(=O)N(C)S(=O)(=O)C6CC6)C[C@H]5/C=C\CC[C@@H](C)C[C@@H](C)[C@H](NC(=O)O)C(=O)N4C3)nc2c1. The van der Waals surface area contributed by atoms with Gasteiger partial charge in [0.15, 0.2) is 0 Å². The Hall–Kier alpha value is -4.47. The minimum Gasteiger partial charge on any atom is -0.497 e. The molecule has 3 heterocycles. The predicted octanol–water partition coefficient (Wildman–Crippen LogP) is 2.46. The second-order valence-corrected chi connectivity index (χ2v) is 16.3. The minimum atomic E-state index is -3.89. The summed E-state index contributed by atoms with van der Waals surface area (Å²) in [5.41, 5.74) is -0.400. The van der Waals surface area contributed by atoms with Crippen LogP contribution in [0.3, 0.4) is 0 Å². The Morgan fingerprint density at radius 3 is 2.60 bits per heavy atom. The highest BCUT2D eigenvalue weighted by atomic mass is 32.2. The van der Waals surface area contributed by atoms with E-state index in [-0.39, 0.29) is 31.2 Å². The number of nitrogens with one attached hydrogen (secondary N) is 2. The maximum atomic E-state index is 14.3. The first kappa shape index (κ1) is 35.4. The van der Waals surface area contributed by atoms with Crippen LogP contribution in [-0.4, -0.2) is 106 Å². The van der Waals surface area contributed by atoms with Crippen molar-refractivity contribution in [1.29, 1.82) is 0 Å². The first-order valence-corrected chi connectivity index (χ1v) is 18.5. The molecule has 270 valence electrons. The van der Waals surface area contributed by atoms with Crippen LogP contribution in [-0.2, 0) is 24.4 Å². The number of rotatable bonds is 7. The third-order valence-corrected chi connectivity index (χ3v) is 12.5. The van der Waals surface area contributed by atoms with Crippen LogP contribution in [0.2, 0.25) is 0 Å². The maximum Gasteiger partial charge on any atom is 0.405 e. The average molecular weight is 713 g/mol. The molecule has 7 atom stereocenters. The quantitative estimate of drug-likeness (QED) is 0.357. The van der Waals surface area contributed by atoms with E-state index in [9.17, 15) is 32.7 Å². The van der Waals surface area contributed by atoms with Gasteiger partial charge in [-0.25, -0.2) is 27.5 Å². The summed E-state index contributed by atoms with van der Waals surface area (Å²) in [7, 11) is -1.13. The number of hydrogen-bond donors (Lipinski definition) is 3. The maximum absolute atomic E-state index is 14.3. The van der Waals surface area contributed by atoms with Gasteiger partial charge < -0.3 is 30.1 Å². The van der Waals surface area contributed by atoms with Crippen molar-refractivity contribution in [2.75, 3.05) is 20.7 Å². The number of ether oxygens (including phenoxy) is 2. The number of allylic oxidation sites excluding steroid dienone is 1. The van der Waals surface area contributed by atoms with Gasteiger partial charge in [0.1, 0.15) is 29.5 Å².